The van der Waals surface area contributed by atoms with Crippen LogP contribution in [0.2, 0.25) is 0 Å². The Kier molecular flexibility index (Phi) is 5.59. The molecule has 0 saturated heterocycles. The Morgan fingerprint density at radius 3 is 2.50 bits per heavy atom. The van der Waals surface area contributed by atoms with Crippen LogP contribution in [0.15, 0.2) is 0 Å². The van der Waals surface area contributed by atoms with Crippen molar-refractivity contribution in [2.24, 2.45) is 17.8 Å². The average molecular weight is 196 g/mol. The van der Waals surface area contributed by atoms with Gasteiger partial charge in [0.1, 0.15) is 0 Å². The molecule has 0 aromatic rings. The fourth-order valence-corrected chi connectivity index (χ4v) is 3.13. The van der Waals surface area contributed by atoms with E-state index in [9.17, 15) is 0 Å². The van der Waals surface area contributed by atoms with E-state index in [0.29, 0.717) is 0 Å². The molecule has 0 bridgehead atoms. The SMILES string of the molecule is CCCCCCC(C)C1CCCC1C. The summed E-state index contributed by atoms with van der Waals surface area (Å²) in [4.78, 5) is 0. The Bertz CT molecular complexity index is 139. The average Bonchev–Trinajstić information content (AvgIpc) is 2.59. The van der Waals surface area contributed by atoms with Crippen molar-refractivity contribution in [2.45, 2.75) is 72.1 Å². The molecule has 84 valence electrons. The zero-order chi connectivity index (χ0) is 10.4. The molecule has 0 aromatic carbocycles. The summed E-state index contributed by atoms with van der Waals surface area (Å²) in [5.74, 6) is 3.05. The Balaban J connectivity index is 2.11. The van der Waals surface area contributed by atoms with Gasteiger partial charge >= 0.3 is 0 Å². The van der Waals surface area contributed by atoms with E-state index in [-0.39, 0.29) is 0 Å². The summed E-state index contributed by atoms with van der Waals surface area (Å²) in [7, 11) is 0. The highest BCUT2D eigenvalue weighted by atomic mass is 14.3. The Hall–Kier alpha value is 0. The first kappa shape index (κ1) is 12.1. The summed E-state index contributed by atoms with van der Waals surface area (Å²) >= 11 is 0. The van der Waals surface area contributed by atoms with Gasteiger partial charge in [-0.15, -0.1) is 0 Å². The van der Waals surface area contributed by atoms with Gasteiger partial charge in [0.25, 0.3) is 0 Å². The van der Waals surface area contributed by atoms with Crippen LogP contribution in [-0.2, 0) is 0 Å². The summed E-state index contributed by atoms with van der Waals surface area (Å²) in [5, 5.41) is 0. The third-order valence-electron chi connectivity index (χ3n) is 4.17. The minimum Gasteiger partial charge on any atom is -0.0654 e. The minimum absolute atomic E-state index is 0.990. The highest BCUT2D eigenvalue weighted by molar-refractivity contribution is 4.78. The molecule has 3 unspecified atom stereocenters. The van der Waals surface area contributed by atoms with Crippen molar-refractivity contribution in [3.63, 3.8) is 0 Å². The molecule has 1 fully saturated rings. The van der Waals surface area contributed by atoms with E-state index in [1.165, 1.54) is 51.4 Å². The Morgan fingerprint density at radius 2 is 1.93 bits per heavy atom. The van der Waals surface area contributed by atoms with Crippen LogP contribution in [0.25, 0.3) is 0 Å². The second kappa shape index (κ2) is 6.48. The van der Waals surface area contributed by atoms with Gasteiger partial charge in [-0.3, -0.25) is 0 Å². The predicted molar refractivity (Wildman–Crippen MR) is 64.4 cm³/mol. The maximum atomic E-state index is 2.48. The number of rotatable bonds is 6. The van der Waals surface area contributed by atoms with Crippen LogP contribution in [0.4, 0.5) is 0 Å². The third-order valence-corrected chi connectivity index (χ3v) is 4.17. The van der Waals surface area contributed by atoms with Crippen LogP contribution in [0.5, 0.6) is 0 Å². The maximum Gasteiger partial charge on any atom is -0.0363 e. The van der Waals surface area contributed by atoms with Crippen molar-refractivity contribution >= 4 is 0 Å². The van der Waals surface area contributed by atoms with Crippen molar-refractivity contribution in [1.29, 1.82) is 0 Å². The van der Waals surface area contributed by atoms with Crippen LogP contribution < -0.4 is 0 Å². The first-order valence-electron chi connectivity index (χ1n) is 6.75. The first-order valence-corrected chi connectivity index (χ1v) is 6.75. The van der Waals surface area contributed by atoms with Gasteiger partial charge in [-0.05, 0) is 24.2 Å². The van der Waals surface area contributed by atoms with E-state index in [2.05, 4.69) is 20.8 Å². The van der Waals surface area contributed by atoms with Gasteiger partial charge in [-0.25, -0.2) is 0 Å². The zero-order valence-corrected chi connectivity index (χ0v) is 10.4. The smallest absolute Gasteiger partial charge is 0.0363 e. The van der Waals surface area contributed by atoms with E-state index < -0.39 is 0 Å². The predicted octanol–water partition coefficient (Wildman–Crippen LogP) is 5.03. The van der Waals surface area contributed by atoms with Gasteiger partial charge in [0.15, 0.2) is 0 Å². The standard InChI is InChI=1S/C14H28/c1-4-5-6-7-9-12(2)14-11-8-10-13(14)3/h12-14H,4-11H2,1-3H3. The quantitative estimate of drug-likeness (QED) is 0.523. The topological polar surface area (TPSA) is 0 Å². The molecule has 0 N–H and O–H groups in total. The van der Waals surface area contributed by atoms with E-state index in [4.69, 9.17) is 0 Å². The molecule has 0 radical (unpaired) electrons. The van der Waals surface area contributed by atoms with Crippen LogP contribution >= 0.6 is 0 Å². The molecule has 0 amide bonds. The van der Waals surface area contributed by atoms with Gasteiger partial charge in [0.2, 0.25) is 0 Å². The lowest BCUT2D eigenvalue weighted by Crippen LogP contribution is -2.14. The van der Waals surface area contributed by atoms with E-state index in [1.807, 2.05) is 0 Å². The lowest BCUT2D eigenvalue weighted by Gasteiger charge is -2.23. The lowest BCUT2D eigenvalue weighted by molar-refractivity contribution is 0.273. The summed E-state index contributed by atoms with van der Waals surface area (Å²) in [6.45, 7) is 7.24. The van der Waals surface area contributed by atoms with Crippen LogP contribution in [0.1, 0.15) is 72.1 Å². The number of hydrogen-bond donors (Lipinski definition) is 0. The molecule has 1 rings (SSSR count). The van der Waals surface area contributed by atoms with Crippen molar-refractivity contribution in [3.05, 3.63) is 0 Å². The molecule has 1 aliphatic carbocycles. The molecule has 0 spiro atoms. The lowest BCUT2D eigenvalue weighted by atomic mass is 9.83. The highest BCUT2D eigenvalue weighted by Crippen LogP contribution is 2.38. The van der Waals surface area contributed by atoms with Gasteiger partial charge in [-0.2, -0.15) is 0 Å². The summed E-state index contributed by atoms with van der Waals surface area (Å²) in [6, 6.07) is 0. The monoisotopic (exact) mass is 196 g/mol. The molecular weight excluding hydrogens is 168 g/mol. The van der Waals surface area contributed by atoms with Crippen molar-refractivity contribution in [3.8, 4) is 0 Å². The summed E-state index contributed by atoms with van der Waals surface area (Å²) in [6.07, 6.45) is 11.7. The molecular formula is C14H28. The Morgan fingerprint density at radius 1 is 1.14 bits per heavy atom. The van der Waals surface area contributed by atoms with Gasteiger partial charge < -0.3 is 0 Å². The van der Waals surface area contributed by atoms with E-state index >= 15 is 0 Å². The third kappa shape index (κ3) is 3.63. The molecule has 0 aromatic heterocycles. The molecule has 3 atom stereocenters. The largest absolute Gasteiger partial charge is 0.0654 e. The van der Waals surface area contributed by atoms with E-state index in [1.54, 1.807) is 0 Å². The summed E-state index contributed by atoms with van der Waals surface area (Å²) < 4.78 is 0. The van der Waals surface area contributed by atoms with Crippen molar-refractivity contribution in [2.75, 3.05) is 0 Å². The second-order valence-electron chi connectivity index (χ2n) is 5.40. The fourth-order valence-electron chi connectivity index (χ4n) is 3.13. The Labute approximate surface area is 90.5 Å². The van der Waals surface area contributed by atoms with Crippen LogP contribution in [0, 0.1) is 17.8 Å². The second-order valence-corrected chi connectivity index (χ2v) is 5.40. The molecule has 0 heteroatoms. The first-order chi connectivity index (χ1) is 6.75. The van der Waals surface area contributed by atoms with Crippen LogP contribution in [-0.4, -0.2) is 0 Å². The zero-order valence-electron chi connectivity index (χ0n) is 10.4. The molecule has 0 nitrogen and oxygen atoms in total. The van der Waals surface area contributed by atoms with Gasteiger partial charge in [0, 0.05) is 0 Å². The molecule has 0 heterocycles. The molecule has 14 heavy (non-hydrogen) atoms. The number of hydrogen-bond acceptors (Lipinski definition) is 0. The van der Waals surface area contributed by atoms with Crippen LogP contribution in [0.3, 0.4) is 0 Å². The normalized spacial score (nSPS) is 29.4. The fraction of sp³-hybridized carbons (Fsp3) is 1.00. The highest BCUT2D eigenvalue weighted by Gasteiger charge is 2.27. The van der Waals surface area contributed by atoms with Gasteiger partial charge in [-0.1, -0.05) is 65.7 Å². The van der Waals surface area contributed by atoms with Crippen molar-refractivity contribution in [1.82, 2.24) is 0 Å². The maximum absolute atomic E-state index is 2.48. The van der Waals surface area contributed by atoms with Crippen molar-refractivity contribution < 1.29 is 0 Å². The molecule has 1 aliphatic rings. The van der Waals surface area contributed by atoms with Gasteiger partial charge in [0.05, 0.1) is 0 Å². The molecule has 1 saturated carbocycles. The summed E-state index contributed by atoms with van der Waals surface area (Å²) in [5.41, 5.74) is 0. The number of unbranched alkanes of at least 4 members (excludes halogenated alkanes) is 3. The minimum atomic E-state index is 0.990. The van der Waals surface area contributed by atoms with E-state index in [0.717, 1.165) is 17.8 Å². The molecule has 0 aliphatic heterocycles.